The van der Waals surface area contributed by atoms with Crippen LogP contribution in [0.5, 0.6) is 5.88 Å². The lowest BCUT2D eigenvalue weighted by Crippen LogP contribution is -2.23. The second-order valence-corrected chi connectivity index (χ2v) is 6.64. The lowest BCUT2D eigenvalue weighted by molar-refractivity contribution is 0.0950. The summed E-state index contributed by atoms with van der Waals surface area (Å²) in [7, 11) is 0. The van der Waals surface area contributed by atoms with Crippen LogP contribution in [-0.2, 0) is 13.1 Å². The van der Waals surface area contributed by atoms with Gasteiger partial charge in [-0.3, -0.25) is 4.79 Å². The van der Waals surface area contributed by atoms with E-state index in [-0.39, 0.29) is 12.0 Å². The summed E-state index contributed by atoms with van der Waals surface area (Å²) in [6.07, 6.45) is 2.79. The van der Waals surface area contributed by atoms with Crippen molar-refractivity contribution in [2.24, 2.45) is 11.7 Å². The van der Waals surface area contributed by atoms with Crippen LogP contribution >= 0.6 is 0 Å². The van der Waals surface area contributed by atoms with Crippen LogP contribution in [0.2, 0.25) is 0 Å². The maximum Gasteiger partial charge on any atom is 0.251 e. The van der Waals surface area contributed by atoms with Gasteiger partial charge in [-0.15, -0.1) is 0 Å². The summed E-state index contributed by atoms with van der Waals surface area (Å²) in [4.78, 5) is 16.5. The fourth-order valence-corrected chi connectivity index (χ4v) is 2.62. The van der Waals surface area contributed by atoms with Gasteiger partial charge in [0.15, 0.2) is 0 Å². The van der Waals surface area contributed by atoms with Crippen molar-refractivity contribution in [2.45, 2.75) is 46.4 Å². The van der Waals surface area contributed by atoms with Crippen LogP contribution < -0.4 is 15.8 Å². The molecular weight excluding hydrogens is 314 g/mol. The first-order valence-corrected chi connectivity index (χ1v) is 8.66. The molecule has 0 spiro atoms. The van der Waals surface area contributed by atoms with E-state index in [0.29, 0.717) is 30.5 Å². The number of ether oxygens (including phenoxy) is 1. The molecule has 5 nitrogen and oxygen atoms in total. The molecule has 134 valence electrons. The van der Waals surface area contributed by atoms with Crippen molar-refractivity contribution in [3.05, 3.63) is 59.3 Å². The van der Waals surface area contributed by atoms with Gasteiger partial charge < -0.3 is 15.8 Å². The van der Waals surface area contributed by atoms with Gasteiger partial charge in [0.05, 0.1) is 6.10 Å². The van der Waals surface area contributed by atoms with Gasteiger partial charge in [0.2, 0.25) is 5.88 Å². The molecule has 2 aromatic rings. The Morgan fingerprint density at radius 2 is 1.88 bits per heavy atom. The van der Waals surface area contributed by atoms with E-state index in [1.807, 2.05) is 31.2 Å². The molecule has 1 aromatic heterocycles. The minimum atomic E-state index is -0.115. The fraction of sp³-hybridized carbons (Fsp3) is 0.400. The van der Waals surface area contributed by atoms with E-state index >= 15 is 0 Å². The third-order valence-electron chi connectivity index (χ3n) is 3.83. The second-order valence-electron chi connectivity index (χ2n) is 6.64. The number of aromatic nitrogens is 1. The molecule has 1 aromatic carbocycles. The number of hydrogen-bond acceptors (Lipinski definition) is 4. The van der Waals surface area contributed by atoms with Crippen molar-refractivity contribution in [1.29, 1.82) is 0 Å². The van der Waals surface area contributed by atoms with Gasteiger partial charge in [-0.2, -0.15) is 0 Å². The fourth-order valence-electron chi connectivity index (χ4n) is 2.62. The van der Waals surface area contributed by atoms with Crippen molar-refractivity contribution in [3.8, 4) is 5.88 Å². The lowest BCUT2D eigenvalue weighted by atomic mass is 10.1. The SMILES string of the molecule is CC(C)CC(C)Oc1cc(CNC(=O)c2ccc(CN)cc2)ccn1. The number of pyridine rings is 1. The zero-order valence-electron chi connectivity index (χ0n) is 15.2. The van der Waals surface area contributed by atoms with E-state index in [9.17, 15) is 4.79 Å². The van der Waals surface area contributed by atoms with Crippen molar-refractivity contribution in [2.75, 3.05) is 0 Å². The van der Waals surface area contributed by atoms with Crippen molar-refractivity contribution in [1.82, 2.24) is 10.3 Å². The minimum Gasteiger partial charge on any atom is -0.475 e. The second kappa shape index (κ2) is 9.18. The summed E-state index contributed by atoms with van der Waals surface area (Å²) < 4.78 is 5.85. The summed E-state index contributed by atoms with van der Waals surface area (Å²) in [5, 5.41) is 2.91. The van der Waals surface area contributed by atoms with Crippen LogP contribution in [0.25, 0.3) is 0 Å². The van der Waals surface area contributed by atoms with E-state index in [0.717, 1.165) is 17.5 Å². The third-order valence-corrected chi connectivity index (χ3v) is 3.83. The maximum absolute atomic E-state index is 12.2. The quantitative estimate of drug-likeness (QED) is 0.772. The third kappa shape index (κ3) is 6.19. The van der Waals surface area contributed by atoms with Gasteiger partial charge in [-0.05, 0) is 48.6 Å². The number of carbonyl (C=O) groups is 1. The van der Waals surface area contributed by atoms with Gasteiger partial charge in [0.1, 0.15) is 0 Å². The Kier molecular flexibility index (Phi) is 6.95. The Hall–Kier alpha value is -2.40. The number of nitrogens with two attached hydrogens (primary N) is 1. The number of carbonyl (C=O) groups excluding carboxylic acids is 1. The molecule has 0 fully saturated rings. The van der Waals surface area contributed by atoms with Crippen LogP contribution in [0.3, 0.4) is 0 Å². The van der Waals surface area contributed by atoms with Crippen LogP contribution in [-0.4, -0.2) is 17.0 Å². The molecule has 0 aliphatic carbocycles. The zero-order chi connectivity index (χ0) is 18.2. The Bertz CT molecular complexity index is 684. The van der Waals surface area contributed by atoms with Crippen molar-refractivity contribution < 1.29 is 9.53 Å². The maximum atomic E-state index is 12.2. The highest BCUT2D eigenvalue weighted by Gasteiger charge is 2.09. The van der Waals surface area contributed by atoms with E-state index < -0.39 is 0 Å². The smallest absolute Gasteiger partial charge is 0.251 e. The highest BCUT2D eigenvalue weighted by atomic mass is 16.5. The highest BCUT2D eigenvalue weighted by molar-refractivity contribution is 5.94. The minimum absolute atomic E-state index is 0.110. The normalized spacial score (nSPS) is 12.0. The largest absolute Gasteiger partial charge is 0.475 e. The first-order valence-electron chi connectivity index (χ1n) is 8.66. The summed E-state index contributed by atoms with van der Waals surface area (Å²) >= 11 is 0. The topological polar surface area (TPSA) is 77.2 Å². The number of nitrogens with one attached hydrogen (secondary N) is 1. The van der Waals surface area contributed by atoms with Crippen molar-refractivity contribution >= 4 is 5.91 Å². The lowest BCUT2D eigenvalue weighted by Gasteiger charge is -2.16. The molecule has 0 saturated heterocycles. The standard InChI is InChI=1S/C20H27N3O2/c1-14(2)10-15(3)25-19-11-17(8-9-22-19)13-23-20(24)18-6-4-16(12-21)5-7-18/h4-9,11,14-15H,10,12-13,21H2,1-3H3,(H,23,24). The summed E-state index contributed by atoms with van der Waals surface area (Å²) in [5.74, 6) is 1.05. The molecule has 0 aliphatic heterocycles. The summed E-state index contributed by atoms with van der Waals surface area (Å²) in [6.45, 7) is 7.27. The molecule has 2 rings (SSSR count). The molecule has 1 atom stereocenters. The Balaban J connectivity index is 1.91. The van der Waals surface area contributed by atoms with Crippen LogP contribution in [0.15, 0.2) is 42.6 Å². The number of benzene rings is 1. The molecule has 1 amide bonds. The van der Waals surface area contributed by atoms with E-state index in [1.165, 1.54) is 0 Å². The van der Waals surface area contributed by atoms with E-state index in [4.69, 9.17) is 10.5 Å². The predicted octanol–water partition coefficient (Wildman–Crippen LogP) is 3.28. The Morgan fingerprint density at radius 1 is 1.16 bits per heavy atom. The molecule has 1 unspecified atom stereocenters. The molecule has 0 bridgehead atoms. The van der Waals surface area contributed by atoms with Crippen LogP contribution in [0, 0.1) is 5.92 Å². The zero-order valence-corrected chi connectivity index (χ0v) is 15.2. The average molecular weight is 341 g/mol. The molecule has 25 heavy (non-hydrogen) atoms. The van der Waals surface area contributed by atoms with Crippen molar-refractivity contribution in [3.63, 3.8) is 0 Å². The predicted molar refractivity (Wildman–Crippen MR) is 99.3 cm³/mol. The Morgan fingerprint density at radius 3 is 2.52 bits per heavy atom. The van der Waals surface area contributed by atoms with E-state index in [2.05, 4.69) is 24.1 Å². The first-order chi connectivity index (χ1) is 12.0. The molecule has 0 saturated carbocycles. The Labute approximate surface area is 149 Å². The molecule has 0 aliphatic rings. The van der Waals surface area contributed by atoms with Crippen LogP contribution in [0.1, 0.15) is 48.7 Å². The van der Waals surface area contributed by atoms with Gasteiger partial charge in [0.25, 0.3) is 5.91 Å². The number of nitrogens with zero attached hydrogens (tertiary/aromatic N) is 1. The van der Waals surface area contributed by atoms with Gasteiger partial charge >= 0.3 is 0 Å². The number of hydrogen-bond donors (Lipinski definition) is 2. The molecule has 0 radical (unpaired) electrons. The molecule has 1 heterocycles. The van der Waals surface area contributed by atoms with Gasteiger partial charge in [-0.25, -0.2) is 4.98 Å². The summed E-state index contributed by atoms with van der Waals surface area (Å²) in [6, 6.07) is 11.0. The van der Waals surface area contributed by atoms with Gasteiger partial charge in [0, 0.05) is 30.9 Å². The molecular formula is C20H27N3O2. The summed E-state index contributed by atoms with van der Waals surface area (Å²) in [5.41, 5.74) is 8.14. The van der Waals surface area contributed by atoms with E-state index in [1.54, 1.807) is 18.3 Å². The molecule has 3 N–H and O–H groups in total. The first kappa shape index (κ1) is 18.9. The average Bonchev–Trinajstić information content (AvgIpc) is 2.59. The number of rotatable bonds is 8. The van der Waals surface area contributed by atoms with Gasteiger partial charge in [-0.1, -0.05) is 26.0 Å². The van der Waals surface area contributed by atoms with Crippen LogP contribution in [0.4, 0.5) is 0 Å². The molecule has 5 heteroatoms. The monoisotopic (exact) mass is 341 g/mol. The number of amides is 1. The highest BCUT2D eigenvalue weighted by Crippen LogP contribution is 2.15.